The van der Waals surface area contributed by atoms with E-state index in [4.69, 9.17) is 10.00 Å². The summed E-state index contributed by atoms with van der Waals surface area (Å²) in [6, 6.07) is 20.3. The number of anilines is 2. The first-order chi connectivity index (χ1) is 13.7. The summed E-state index contributed by atoms with van der Waals surface area (Å²) in [6.45, 7) is 0.710. The molecule has 1 aromatic heterocycles. The van der Waals surface area contributed by atoms with Crippen molar-refractivity contribution in [3.8, 4) is 11.8 Å². The van der Waals surface area contributed by atoms with E-state index in [-0.39, 0.29) is 5.91 Å². The lowest BCUT2D eigenvalue weighted by Gasteiger charge is -2.09. The number of hydrogen-bond donors (Lipinski definition) is 2. The van der Waals surface area contributed by atoms with Gasteiger partial charge in [0.05, 0.1) is 23.9 Å². The number of pyridine rings is 1. The van der Waals surface area contributed by atoms with Gasteiger partial charge >= 0.3 is 0 Å². The first-order valence-corrected chi connectivity index (χ1v) is 8.83. The molecule has 140 valence electrons. The maximum Gasteiger partial charge on any atom is 0.257 e. The number of carbonyl (C=O) groups is 1. The fraction of sp³-hybridized carbons (Fsp3) is 0.136. The minimum atomic E-state index is -0.307. The van der Waals surface area contributed by atoms with Crippen LogP contribution in [0.1, 0.15) is 21.5 Å². The molecule has 2 N–H and O–H groups in total. The Bertz CT molecular complexity index is 994. The summed E-state index contributed by atoms with van der Waals surface area (Å²) in [5.41, 5.74) is 2.49. The monoisotopic (exact) mass is 372 g/mol. The zero-order chi connectivity index (χ0) is 19.8. The van der Waals surface area contributed by atoms with Gasteiger partial charge in [0.15, 0.2) is 0 Å². The number of aromatic nitrogens is 1. The van der Waals surface area contributed by atoms with Gasteiger partial charge in [-0.25, -0.2) is 4.98 Å². The van der Waals surface area contributed by atoms with Gasteiger partial charge in [-0.05, 0) is 48.4 Å². The standard InChI is InChI=1S/C22H20N4O2/c1-28-19-7-4-5-16(13-19)11-12-24-21-10-9-18(15-25-21)22(27)26-20-8-3-2-6-17(20)14-23/h2-10,13,15H,11-12H2,1H3,(H,24,25)(H,26,27). The summed E-state index contributed by atoms with van der Waals surface area (Å²) in [5.74, 6) is 1.22. The van der Waals surface area contributed by atoms with Gasteiger partial charge in [0.2, 0.25) is 0 Å². The van der Waals surface area contributed by atoms with E-state index >= 15 is 0 Å². The Balaban J connectivity index is 1.55. The van der Waals surface area contributed by atoms with E-state index in [9.17, 15) is 4.79 Å². The highest BCUT2D eigenvalue weighted by Gasteiger charge is 2.09. The summed E-state index contributed by atoms with van der Waals surface area (Å²) in [5, 5.41) is 15.1. The summed E-state index contributed by atoms with van der Waals surface area (Å²) >= 11 is 0. The lowest BCUT2D eigenvalue weighted by Crippen LogP contribution is -2.13. The Morgan fingerprint density at radius 1 is 1.14 bits per heavy atom. The molecule has 0 saturated carbocycles. The third kappa shape index (κ3) is 4.86. The maximum atomic E-state index is 12.4. The molecule has 6 heteroatoms. The van der Waals surface area contributed by atoms with Crippen molar-refractivity contribution in [3.05, 3.63) is 83.6 Å². The van der Waals surface area contributed by atoms with E-state index in [0.29, 0.717) is 29.2 Å². The Hall–Kier alpha value is -3.85. The fourth-order valence-electron chi connectivity index (χ4n) is 2.68. The average Bonchev–Trinajstić information content (AvgIpc) is 2.74. The number of nitrogens with zero attached hydrogens (tertiary/aromatic N) is 2. The molecule has 3 rings (SSSR count). The van der Waals surface area contributed by atoms with Crippen molar-refractivity contribution in [2.45, 2.75) is 6.42 Å². The highest BCUT2D eigenvalue weighted by Crippen LogP contribution is 2.16. The smallest absolute Gasteiger partial charge is 0.257 e. The van der Waals surface area contributed by atoms with Crippen LogP contribution in [0.5, 0.6) is 5.75 Å². The van der Waals surface area contributed by atoms with Gasteiger partial charge in [-0.1, -0.05) is 24.3 Å². The first kappa shape index (κ1) is 18.9. The number of nitriles is 1. The van der Waals surface area contributed by atoms with Crippen LogP contribution in [-0.2, 0) is 6.42 Å². The molecule has 0 saturated heterocycles. The number of ether oxygens (including phenoxy) is 1. The van der Waals surface area contributed by atoms with Crippen molar-refractivity contribution < 1.29 is 9.53 Å². The molecule has 0 spiro atoms. The van der Waals surface area contributed by atoms with Gasteiger partial charge in [-0.3, -0.25) is 4.79 Å². The van der Waals surface area contributed by atoms with Crippen molar-refractivity contribution >= 4 is 17.4 Å². The largest absolute Gasteiger partial charge is 0.497 e. The summed E-state index contributed by atoms with van der Waals surface area (Å²) in [4.78, 5) is 16.6. The van der Waals surface area contributed by atoms with Crippen LogP contribution in [-0.4, -0.2) is 24.5 Å². The van der Waals surface area contributed by atoms with Gasteiger partial charge in [-0.2, -0.15) is 5.26 Å². The van der Waals surface area contributed by atoms with E-state index in [1.165, 1.54) is 11.8 Å². The van der Waals surface area contributed by atoms with Gasteiger partial charge in [0, 0.05) is 12.7 Å². The topological polar surface area (TPSA) is 87.0 Å². The van der Waals surface area contributed by atoms with Crippen LogP contribution in [0.15, 0.2) is 66.9 Å². The molecule has 0 aliphatic carbocycles. The Kier molecular flexibility index (Phi) is 6.21. The molecule has 0 radical (unpaired) electrons. The quantitative estimate of drug-likeness (QED) is 0.657. The second kappa shape index (κ2) is 9.19. The molecule has 0 atom stereocenters. The third-order valence-electron chi connectivity index (χ3n) is 4.18. The van der Waals surface area contributed by atoms with E-state index < -0.39 is 0 Å². The maximum absolute atomic E-state index is 12.4. The van der Waals surface area contributed by atoms with Crippen molar-refractivity contribution in [1.82, 2.24) is 4.98 Å². The van der Waals surface area contributed by atoms with Crippen molar-refractivity contribution in [2.24, 2.45) is 0 Å². The van der Waals surface area contributed by atoms with E-state index in [0.717, 1.165) is 12.2 Å². The second-order valence-corrected chi connectivity index (χ2v) is 6.07. The predicted molar refractivity (Wildman–Crippen MR) is 109 cm³/mol. The fourth-order valence-corrected chi connectivity index (χ4v) is 2.68. The summed E-state index contributed by atoms with van der Waals surface area (Å²) < 4.78 is 5.22. The van der Waals surface area contributed by atoms with Gasteiger partial charge < -0.3 is 15.4 Å². The lowest BCUT2D eigenvalue weighted by atomic mass is 10.1. The molecule has 3 aromatic rings. The number of amides is 1. The number of methoxy groups -OCH3 is 1. The Morgan fingerprint density at radius 2 is 2.00 bits per heavy atom. The first-order valence-electron chi connectivity index (χ1n) is 8.83. The highest BCUT2D eigenvalue weighted by molar-refractivity contribution is 6.04. The average molecular weight is 372 g/mol. The summed E-state index contributed by atoms with van der Waals surface area (Å²) in [7, 11) is 1.65. The van der Waals surface area contributed by atoms with Crippen LogP contribution in [0.4, 0.5) is 11.5 Å². The molecule has 0 unspecified atom stereocenters. The van der Waals surface area contributed by atoms with Crippen LogP contribution in [0, 0.1) is 11.3 Å². The number of nitrogens with one attached hydrogen (secondary N) is 2. The molecular weight excluding hydrogens is 352 g/mol. The van der Waals surface area contributed by atoms with Crippen LogP contribution < -0.4 is 15.4 Å². The number of para-hydroxylation sites is 1. The molecule has 1 heterocycles. The number of benzene rings is 2. The van der Waals surface area contributed by atoms with Crippen molar-refractivity contribution in [1.29, 1.82) is 5.26 Å². The molecule has 2 aromatic carbocycles. The molecule has 0 fully saturated rings. The van der Waals surface area contributed by atoms with E-state index in [1.54, 1.807) is 43.5 Å². The van der Waals surface area contributed by atoms with Gasteiger partial charge in [0.25, 0.3) is 5.91 Å². The number of carbonyl (C=O) groups excluding carboxylic acids is 1. The molecule has 0 bridgehead atoms. The van der Waals surface area contributed by atoms with Crippen molar-refractivity contribution in [2.75, 3.05) is 24.3 Å². The third-order valence-corrected chi connectivity index (χ3v) is 4.18. The van der Waals surface area contributed by atoms with E-state index in [1.807, 2.05) is 24.3 Å². The predicted octanol–water partition coefficient (Wildman–Crippen LogP) is 3.87. The molecule has 28 heavy (non-hydrogen) atoms. The van der Waals surface area contributed by atoms with E-state index in [2.05, 4.69) is 21.7 Å². The molecule has 1 amide bonds. The second-order valence-electron chi connectivity index (χ2n) is 6.07. The van der Waals surface area contributed by atoms with Gasteiger partial charge in [0.1, 0.15) is 17.6 Å². The minimum Gasteiger partial charge on any atom is -0.497 e. The molecule has 6 nitrogen and oxygen atoms in total. The molecule has 0 aliphatic heterocycles. The van der Waals surface area contributed by atoms with Crippen LogP contribution in [0.3, 0.4) is 0 Å². The van der Waals surface area contributed by atoms with Crippen LogP contribution >= 0.6 is 0 Å². The molecule has 0 aliphatic rings. The lowest BCUT2D eigenvalue weighted by molar-refractivity contribution is 0.102. The number of hydrogen-bond acceptors (Lipinski definition) is 5. The number of rotatable bonds is 7. The normalized spacial score (nSPS) is 10.0. The summed E-state index contributed by atoms with van der Waals surface area (Å²) in [6.07, 6.45) is 2.34. The van der Waals surface area contributed by atoms with Crippen LogP contribution in [0.25, 0.3) is 0 Å². The minimum absolute atomic E-state index is 0.307. The highest BCUT2D eigenvalue weighted by atomic mass is 16.5. The Morgan fingerprint density at radius 3 is 2.75 bits per heavy atom. The van der Waals surface area contributed by atoms with Crippen molar-refractivity contribution in [3.63, 3.8) is 0 Å². The van der Waals surface area contributed by atoms with Gasteiger partial charge in [-0.15, -0.1) is 0 Å². The zero-order valence-corrected chi connectivity index (χ0v) is 15.5. The zero-order valence-electron chi connectivity index (χ0n) is 15.5. The molecular formula is C22H20N4O2. The van der Waals surface area contributed by atoms with Crippen LogP contribution in [0.2, 0.25) is 0 Å². The SMILES string of the molecule is COc1cccc(CCNc2ccc(C(=O)Nc3ccccc3C#N)cn2)c1. The Labute approximate surface area is 163 Å².